The number of hydrogen-bond donors (Lipinski definition) is 3. The van der Waals surface area contributed by atoms with E-state index in [1.54, 1.807) is 0 Å². The van der Waals surface area contributed by atoms with E-state index in [-0.39, 0.29) is 23.8 Å². The highest BCUT2D eigenvalue weighted by Crippen LogP contribution is 2.19. The molecule has 0 saturated heterocycles. The van der Waals surface area contributed by atoms with Crippen molar-refractivity contribution in [3.05, 3.63) is 29.6 Å². The van der Waals surface area contributed by atoms with Crippen molar-refractivity contribution in [1.29, 1.82) is 0 Å². The zero-order valence-electron chi connectivity index (χ0n) is 10.3. The van der Waals surface area contributed by atoms with Crippen molar-refractivity contribution in [3.8, 4) is 5.75 Å². The molecule has 0 heterocycles. The summed E-state index contributed by atoms with van der Waals surface area (Å²) in [5, 5.41) is 20.8. The van der Waals surface area contributed by atoms with E-state index in [0.29, 0.717) is 13.0 Å². The molecular formula is C13H18FNO3. The maximum absolute atomic E-state index is 13.3. The molecule has 4 nitrogen and oxygen atoms in total. The third kappa shape index (κ3) is 4.00. The number of aliphatic hydroxyl groups is 1. The number of halogens is 1. The Morgan fingerprint density at radius 2 is 2.22 bits per heavy atom. The first-order valence-corrected chi connectivity index (χ1v) is 5.92. The molecule has 100 valence electrons. The van der Waals surface area contributed by atoms with Gasteiger partial charge in [-0.05, 0) is 30.9 Å². The number of phenols is 1. The van der Waals surface area contributed by atoms with Gasteiger partial charge in [-0.25, -0.2) is 4.39 Å². The van der Waals surface area contributed by atoms with Gasteiger partial charge < -0.3 is 15.5 Å². The molecule has 0 radical (unpaired) electrons. The molecule has 0 aliphatic carbocycles. The van der Waals surface area contributed by atoms with Crippen LogP contribution in [0, 0.1) is 11.7 Å². The summed E-state index contributed by atoms with van der Waals surface area (Å²) in [5.41, 5.74) is -0.326. The van der Waals surface area contributed by atoms with E-state index < -0.39 is 11.7 Å². The van der Waals surface area contributed by atoms with Crippen LogP contribution in [0.2, 0.25) is 0 Å². The fourth-order valence-corrected chi connectivity index (χ4v) is 1.57. The third-order valence-electron chi connectivity index (χ3n) is 2.69. The molecule has 18 heavy (non-hydrogen) atoms. The van der Waals surface area contributed by atoms with Gasteiger partial charge in [0.1, 0.15) is 17.1 Å². The Hall–Kier alpha value is -1.62. The number of aliphatic hydroxyl groups excluding tert-OH is 1. The Kier molecular flexibility index (Phi) is 5.58. The second-order valence-corrected chi connectivity index (χ2v) is 4.32. The van der Waals surface area contributed by atoms with Gasteiger partial charge in [-0.2, -0.15) is 0 Å². The van der Waals surface area contributed by atoms with Crippen LogP contribution in [-0.4, -0.2) is 29.3 Å². The number of aromatic hydroxyl groups is 1. The van der Waals surface area contributed by atoms with Gasteiger partial charge in [0.2, 0.25) is 0 Å². The van der Waals surface area contributed by atoms with Gasteiger partial charge in [-0.3, -0.25) is 4.79 Å². The minimum Gasteiger partial charge on any atom is -0.507 e. The zero-order valence-corrected chi connectivity index (χ0v) is 10.3. The Morgan fingerprint density at radius 3 is 2.83 bits per heavy atom. The van der Waals surface area contributed by atoms with E-state index in [0.717, 1.165) is 12.5 Å². The lowest BCUT2D eigenvalue weighted by Gasteiger charge is -2.09. The molecule has 1 unspecified atom stereocenters. The molecule has 0 aromatic heterocycles. The van der Waals surface area contributed by atoms with Gasteiger partial charge in [0.25, 0.3) is 5.91 Å². The van der Waals surface area contributed by atoms with Crippen molar-refractivity contribution in [2.45, 2.75) is 19.8 Å². The number of rotatable bonds is 6. The molecule has 0 aliphatic rings. The van der Waals surface area contributed by atoms with Gasteiger partial charge in [-0.1, -0.05) is 13.0 Å². The first kappa shape index (κ1) is 14.4. The summed E-state index contributed by atoms with van der Waals surface area (Å²) in [6, 6.07) is 3.73. The summed E-state index contributed by atoms with van der Waals surface area (Å²) in [6.45, 7) is 2.41. The Morgan fingerprint density at radius 1 is 1.50 bits per heavy atom. The van der Waals surface area contributed by atoms with Crippen molar-refractivity contribution in [3.63, 3.8) is 0 Å². The number of benzene rings is 1. The molecule has 1 aromatic carbocycles. The largest absolute Gasteiger partial charge is 0.507 e. The van der Waals surface area contributed by atoms with Crippen LogP contribution in [0.1, 0.15) is 30.1 Å². The SMILES string of the molecule is CC(CO)CCCNC(=O)c1c(O)cccc1F. The highest BCUT2D eigenvalue weighted by atomic mass is 19.1. The first-order valence-electron chi connectivity index (χ1n) is 5.92. The van der Waals surface area contributed by atoms with Gasteiger partial charge in [0.05, 0.1) is 0 Å². The molecule has 1 rings (SSSR count). The smallest absolute Gasteiger partial charge is 0.258 e. The number of nitrogens with one attached hydrogen (secondary N) is 1. The normalized spacial score (nSPS) is 12.2. The summed E-state index contributed by atoms with van der Waals surface area (Å²) in [5.74, 6) is -1.54. The van der Waals surface area contributed by atoms with E-state index in [2.05, 4.69) is 5.32 Å². The lowest BCUT2D eigenvalue weighted by molar-refractivity contribution is 0.0945. The maximum atomic E-state index is 13.3. The Labute approximate surface area is 105 Å². The average Bonchev–Trinajstić information content (AvgIpc) is 2.34. The molecular weight excluding hydrogens is 237 g/mol. The quantitative estimate of drug-likeness (QED) is 0.677. The van der Waals surface area contributed by atoms with Gasteiger partial charge in [-0.15, -0.1) is 0 Å². The Bertz CT molecular complexity index is 389. The fourth-order valence-electron chi connectivity index (χ4n) is 1.57. The van der Waals surface area contributed by atoms with Gasteiger partial charge in [0, 0.05) is 13.2 Å². The zero-order chi connectivity index (χ0) is 13.5. The second kappa shape index (κ2) is 6.96. The van der Waals surface area contributed by atoms with Gasteiger partial charge >= 0.3 is 0 Å². The van der Waals surface area contributed by atoms with Crippen LogP contribution >= 0.6 is 0 Å². The molecule has 3 N–H and O–H groups in total. The molecule has 5 heteroatoms. The Balaban J connectivity index is 2.46. The molecule has 0 bridgehead atoms. The second-order valence-electron chi connectivity index (χ2n) is 4.32. The predicted octanol–water partition coefficient (Wildman–Crippen LogP) is 1.67. The van der Waals surface area contributed by atoms with Crippen LogP contribution < -0.4 is 5.32 Å². The van der Waals surface area contributed by atoms with Crippen molar-refractivity contribution in [2.24, 2.45) is 5.92 Å². The highest BCUT2D eigenvalue weighted by molar-refractivity contribution is 5.97. The van der Waals surface area contributed by atoms with Gasteiger partial charge in [0.15, 0.2) is 0 Å². The van der Waals surface area contributed by atoms with Crippen molar-refractivity contribution in [2.75, 3.05) is 13.2 Å². The van der Waals surface area contributed by atoms with Crippen molar-refractivity contribution < 1.29 is 19.4 Å². The summed E-state index contributed by atoms with van der Waals surface area (Å²) in [6.07, 6.45) is 1.47. The highest BCUT2D eigenvalue weighted by Gasteiger charge is 2.15. The van der Waals surface area contributed by atoms with Crippen molar-refractivity contribution >= 4 is 5.91 Å². The van der Waals surface area contributed by atoms with Crippen molar-refractivity contribution in [1.82, 2.24) is 5.32 Å². The molecule has 0 aliphatic heterocycles. The number of carbonyl (C=O) groups is 1. The monoisotopic (exact) mass is 255 g/mol. The topological polar surface area (TPSA) is 69.6 Å². The van der Waals surface area contributed by atoms with Crippen LogP contribution in [0.4, 0.5) is 4.39 Å². The molecule has 0 saturated carbocycles. The van der Waals surface area contributed by atoms with E-state index in [4.69, 9.17) is 5.11 Å². The predicted molar refractivity (Wildman–Crippen MR) is 65.9 cm³/mol. The third-order valence-corrected chi connectivity index (χ3v) is 2.69. The first-order chi connectivity index (χ1) is 8.56. The molecule has 0 spiro atoms. The fraction of sp³-hybridized carbons (Fsp3) is 0.462. The number of amides is 1. The van der Waals surface area contributed by atoms with Crippen LogP contribution in [0.5, 0.6) is 5.75 Å². The minimum atomic E-state index is -0.740. The summed E-state index contributed by atoms with van der Waals surface area (Å²) in [7, 11) is 0. The number of carbonyl (C=O) groups excluding carboxylic acids is 1. The lowest BCUT2D eigenvalue weighted by Crippen LogP contribution is -2.26. The summed E-state index contributed by atoms with van der Waals surface area (Å²) >= 11 is 0. The van der Waals surface area contributed by atoms with E-state index >= 15 is 0 Å². The number of phenolic OH excluding ortho intramolecular Hbond substituents is 1. The molecule has 1 amide bonds. The summed E-state index contributed by atoms with van der Waals surface area (Å²) < 4.78 is 13.3. The standard InChI is InChI=1S/C13H18FNO3/c1-9(8-16)4-3-7-15-13(18)12-10(14)5-2-6-11(12)17/h2,5-6,9,16-17H,3-4,7-8H2,1H3,(H,15,18). The lowest BCUT2D eigenvalue weighted by atomic mass is 10.1. The van der Waals surface area contributed by atoms with Crippen LogP contribution in [0.3, 0.4) is 0 Å². The van der Waals surface area contributed by atoms with E-state index in [1.165, 1.54) is 12.1 Å². The minimum absolute atomic E-state index is 0.113. The molecule has 1 atom stereocenters. The van der Waals surface area contributed by atoms with E-state index in [1.807, 2.05) is 6.92 Å². The summed E-state index contributed by atoms with van der Waals surface area (Å²) in [4.78, 5) is 11.6. The maximum Gasteiger partial charge on any atom is 0.258 e. The van der Waals surface area contributed by atoms with Crippen LogP contribution in [0.25, 0.3) is 0 Å². The van der Waals surface area contributed by atoms with E-state index in [9.17, 15) is 14.3 Å². The van der Waals surface area contributed by atoms with Crippen LogP contribution in [0.15, 0.2) is 18.2 Å². The molecule has 0 fully saturated rings. The van der Waals surface area contributed by atoms with Crippen LogP contribution in [-0.2, 0) is 0 Å². The average molecular weight is 255 g/mol. The molecule has 1 aromatic rings. The number of hydrogen-bond acceptors (Lipinski definition) is 3.